The van der Waals surface area contributed by atoms with Crippen LogP contribution in [0.15, 0.2) is 36.7 Å². The molecule has 2 rings (SSSR count). The van der Waals surface area contributed by atoms with Gasteiger partial charge in [0.25, 0.3) is 0 Å². The van der Waals surface area contributed by atoms with Crippen molar-refractivity contribution >= 4 is 11.6 Å². The highest BCUT2D eigenvalue weighted by molar-refractivity contribution is 5.46. The van der Waals surface area contributed by atoms with Gasteiger partial charge in [0, 0.05) is 18.7 Å². The predicted octanol–water partition coefficient (Wildman–Crippen LogP) is 3.48. The number of benzene rings is 1. The number of nitrogens with zero attached hydrogens (tertiary/aromatic N) is 2. The average molecular weight is 288 g/mol. The van der Waals surface area contributed by atoms with E-state index in [1.807, 2.05) is 6.07 Å². The van der Waals surface area contributed by atoms with E-state index in [1.165, 1.54) is 12.1 Å². The third-order valence-corrected chi connectivity index (χ3v) is 3.31. The molecular formula is C16H21FN4. The zero-order chi connectivity index (χ0) is 15.1. The van der Waals surface area contributed by atoms with E-state index < -0.39 is 0 Å². The third kappa shape index (κ3) is 5.02. The first-order valence-corrected chi connectivity index (χ1v) is 7.24. The van der Waals surface area contributed by atoms with Crippen LogP contribution < -0.4 is 10.6 Å². The molecule has 1 aromatic carbocycles. The lowest BCUT2D eigenvalue weighted by Crippen LogP contribution is -2.15. The second-order valence-corrected chi connectivity index (χ2v) is 5.05. The second kappa shape index (κ2) is 7.57. The van der Waals surface area contributed by atoms with Gasteiger partial charge >= 0.3 is 0 Å². The Kier molecular flexibility index (Phi) is 5.49. The zero-order valence-electron chi connectivity index (χ0n) is 12.4. The van der Waals surface area contributed by atoms with Crippen molar-refractivity contribution in [2.24, 2.45) is 0 Å². The summed E-state index contributed by atoms with van der Waals surface area (Å²) in [5.41, 5.74) is 1.09. The largest absolute Gasteiger partial charge is 0.370 e. The van der Waals surface area contributed by atoms with Gasteiger partial charge in [-0.1, -0.05) is 19.1 Å². The van der Waals surface area contributed by atoms with E-state index in [2.05, 4.69) is 34.4 Å². The van der Waals surface area contributed by atoms with Gasteiger partial charge in [-0.25, -0.2) is 14.4 Å². The van der Waals surface area contributed by atoms with Crippen molar-refractivity contribution in [3.8, 4) is 0 Å². The molecule has 1 heterocycles. The Balaban J connectivity index is 1.85. The zero-order valence-corrected chi connectivity index (χ0v) is 12.4. The predicted molar refractivity (Wildman–Crippen MR) is 84.0 cm³/mol. The lowest BCUT2D eigenvalue weighted by Gasteiger charge is -2.13. The molecule has 2 aromatic rings. The Morgan fingerprint density at radius 3 is 2.57 bits per heavy atom. The monoisotopic (exact) mass is 288 g/mol. The van der Waals surface area contributed by atoms with Gasteiger partial charge in [0.05, 0.1) is 0 Å². The van der Waals surface area contributed by atoms with E-state index in [9.17, 15) is 4.39 Å². The van der Waals surface area contributed by atoms with Crippen LogP contribution in [0.3, 0.4) is 0 Å². The van der Waals surface area contributed by atoms with Gasteiger partial charge in [0.2, 0.25) is 0 Å². The van der Waals surface area contributed by atoms with Crippen LogP contribution in [0.4, 0.5) is 16.0 Å². The molecule has 0 saturated carbocycles. The maximum absolute atomic E-state index is 12.8. The lowest BCUT2D eigenvalue weighted by molar-refractivity contribution is 0.627. The molecule has 0 amide bonds. The van der Waals surface area contributed by atoms with Crippen molar-refractivity contribution in [3.05, 3.63) is 48.0 Å². The van der Waals surface area contributed by atoms with Crippen LogP contribution >= 0.6 is 0 Å². The summed E-state index contributed by atoms with van der Waals surface area (Å²) in [7, 11) is 0. The summed E-state index contributed by atoms with van der Waals surface area (Å²) in [6.45, 7) is 4.98. The van der Waals surface area contributed by atoms with E-state index in [1.54, 1.807) is 18.5 Å². The molecule has 0 aliphatic heterocycles. The fourth-order valence-electron chi connectivity index (χ4n) is 1.87. The number of hydrogen-bond acceptors (Lipinski definition) is 4. The average Bonchev–Trinajstić information content (AvgIpc) is 2.49. The van der Waals surface area contributed by atoms with Crippen LogP contribution in [0, 0.1) is 5.82 Å². The van der Waals surface area contributed by atoms with Crippen LogP contribution in [0.25, 0.3) is 0 Å². The Hall–Kier alpha value is -2.17. The maximum atomic E-state index is 12.8. The summed E-state index contributed by atoms with van der Waals surface area (Å²) in [5, 5.41) is 6.57. The fraction of sp³-hybridized carbons (Fsp3) is 0.375. The molecule has 1 aromatic heterocycles. The fourth-order valence-corrected chi connectivity index (χ4v) is 1.87. The molecule has 1 atom stereocenters. The Bertz CT molecular complexity index is 556. The van der Waals surface area contributed by atoms with Gasteiger partial charge in [-0.05, 0) is 37.5 Å². The minimum atomic E-state index is -0.205. The SMILES string of the molecule is CCC(C)Nc1cc(NCCc2ccc(F)cc2)ncn1. The first kappa shape index (κ1) is 15.2. The quantitative estimate of drug-likeness (QED) is 0.819. The molecule has 0 spiro atoms. The first-order chi connectivity index (χ1) is 10.2. The number of halogens is 1. The molecule has 0 bridgehead atoms. The van der Waals surface area contributed by atoms with Gasteiger partial charge in [-0.2, -0.15) is 0 Å². The molecule has 0 fully saturated rings. The summed E-state index contributed by atoms with van der Waals surface area (Å²) in [5.74, 6) is 1.41. The molecule has 112 valence electrons. The van der Waals surface area contributed by atoms with E-state index in [-0.39, 0.29) is 5.82 Å². The van der Waals surface area contributed by atoms with Gasteiger partial charge in [-0.15, -0.1) is 0 Å². The smallest absolute Gasteiger partial charge is 0.131 e. The summed E-state index contributed by atoms with van der Waals surface area (Å²) >= 11 is 0. The van der Waals surface area contributed by atoms with Crippen molar-refractivity contribution in [3.63, 3.8) is 0 Å². The van der Waals surface area contributed by atoms with Crippen molar-refractivity contribution < 1.29 is 4.39 Å². The molecule has 1 unspecified atom stereocenters. The minimum Gasteiger partial charge on any atom is -0.370 e. The van der Waals surface area contributed by atoms with Crippen LogP contribution in [0.5, 0.6) is 0 Å². The summed E-state index contributed by atoms with van der Waals surface area (Å²) in [4.78, 5) is 8.39. The highest BCUT2D eigenvalue weighted by atomic mass is 19.1. The lowest BCUT2D eigenvalue weighted by atomic mass is 10.1. The number of aromatic nitrogens is 2. The molecule has 0 aliphatic carbocycles. The Labute approximate surface area is 124 Å². The van der Waals surface area contributed by atoms with Crippen molar-refractivity contribution in [2.45, 2.75) is 32.7 Å². The highest BCUT2D eigenvalue weighted by Gasteiger charge is 2.02. The van der Waals surface area contributed by atoms with Crippen LogP contribution in [0.2, 0.25) is 0 Å². The molecule has 2 N–H and O–H groups in total. The molecule has 0 aliphatic rings. The number of anilines is 2. The number of rotatable bonds is 7. The molecule has 0 saturated heterocycles. The van der Waals surface area contributed by atoms with Gasteiger partial charge in [0.1, 0.15) is 23.8 Å². The highest BCUT2D eigenvalue weighted by Crippen LogP contribution is 2.11. The summed E-state index contributed by atoms with van der Waals surface area (Å²) < 4.78 is 12.8. The third-order valence-electron chi connectivity index (χ3n) is 3.31. The standard InChI is InChI=1S/C16H21FN4/c1-3-12(2)21-16-10-15(19-11-20-16)18-9-8-13-4-6-14(17)7-5-13/h4-7,10-12H,3,8-9H2,1-2H3,(H2,18,19,20,21). The summed E-state index contributed by atoms with van der Waals surface area (Å²) in [6, 6.07) is 8.84. The normalized spacial score (nSPS) is 12.0. The van der Waals surface area contributed by atoms with E-state index >= 15 is 0 Å². The molecule has 21 heavy (non-hydrogen) atoms. The second-order valence-electron chi connectivity index (χ2n) is 5.05. The Morgan fingerprint density at radius 1 is 1.14 bits per heavy atom. The van der Waals surface area contributed by atoms with Crippen molar-refractivity contribution in [1.29, 1.82) is 0 Å². The van der Waals surface area contributed by atoms with Crippen molar-refractivity contribution in [1.82, 2.24) is 9.97 Å². The molecular weight excluding hydrogens is 267 g/mol. The Morgan fingerprint density at radius 2 is 1.86 bits per heavy atom. The van der Waals surface area contributed by atoms with Gasteiger partial charge in [-0.3, -0.25) is 0 Å². The van der Waals surface area contributed by atoms with E-state index in [4.69, 9.17) is 0 Å². The number of nitrogens with one attached hydrogen (secondary N) is 2. The topological polar surface area (TPSA) is 49.8 Å². The molecule has 0 radical (unpaired) electrons. The van der Waals surface area contributed by atoms with Crippen LogP contribution in [0.1, 0.15) is 25.8 Å². The number of hydrogen-bond donors (Lipinski definition) is 2. The van der Waals surface area contributed by atoms with Crippen LogP contribution in [-0.4, -0.2) is 22.6 Å². The first-order valence-electron chi connectivity index (χ1n) is 7.24. The van der Waals surface area contributed by atoms with Crippen molar-refractivity contribution in [2.75, 3.05) is 17.2 Å². The maximum Gasteiger partial charge on any atom is 0.131 e. The van der Waals surface area contributed by atoms with Crippen LogP contribution in [-0.2, 0) is 6.42 Å². The minimum absolute atomic E-state index is 0.205. The van der Waals surface area contributed by atoms with Gasteiger partial charge < -0.3 is 10.6 Å². The summed E-state index contributed by atoms with van der Waals surface area (Å²) in [6.07, 6.45) is 3.40. The van der Waals surface area contributed by atoms with E-state index in [0.29, 0.717) is 6.04 Å². The molecule has 5 heteroatoms. The molecule has 4 nitrogen and oxygen atoms in total. The van der Waals surface area contributed by atoms with Gasteiger partial charge in [0.15, 0.2) is 0 Å². The van der Waals surface area contributed by atoms with E-state index in [0.717, 1.165) is 36.6 Å².